The Bertz CT molecular complexity index is 524. The van der Waals surface area contributed by atoms with E-state index in [2.05, 4.69) is 5.10 Å². The third-order valence-electron chi connectivity index (χ3n) is 2.64. The number of hydrogen-bond donors (Lipinski definition) is 1. The van der Waals surface area contributed by atoms with Crippen molar-refractivity contribution in [2.75, 3.05) is 0 Å². The maximum atomic E-state index is 13.3. The van der Waals surface area contributed by atoms with Gasteiger partial charge in [-0.15, -0.1) is 0 Å². The summed E-state index contributed by atoms with van der Waals surface area (Å²) in [6.07, 6.45) is 3.55. The lowest BCUT2D eigenvalue weighted by Gasteiger charge is -2.10. The fraction of sp³-hybridized carbons (Fsp3) is 0.250. The lowest BCUT2D eigenvalue weighted by molar-refractivity contribution is 0.624. The lowest BCUT2D eigenvalue weighted by Crippen LogP contribution is -2.11. The van der Waals surface area contributed by atoms with Crippen LogP contribution >= 0.6 is 11.6 Å². The highest BCUT2D eigenvalue weighted by atomic mass is 35.5. The summed E-state index contributed by atoms with van der Waals surface area (Å²) in [7, 11) is 0. The summed E-state index contributed by atoms with van der Waals surface area (Å²) in [6, 6.07) is 4.20. The van der Waals surface area contributed by atoms with Crippen molar-refractivity contribution in [2.45, 2.75) is 19.5 Å². The summed E-state index contributed by atoms with van der Waals surface area (Å²) in [6.45, 7) is 2.77. The van der Waals surface area contributed by atoms with Crippen molar-refractivity contribution in [2.24, 2.45) is 5.73 Å². The fourth-order valence-corrected chi connectivity index (χ4v) is 1.73. The predicted molar refractivity (Wildman–Crippen MR) is 65.3 cm³/mol. The second-order valence-electron chi connectivity index (χ2n) is 3.78. The first kappa shape index (κ1) is 12.1. The normalized spacial score (nSPS) is 12.7. The van der Waals surface area contributed by atoms with Crippen LogP contribution in [0.2, 0.25) is 5.02 Å². The van der Waals surface area contributed by atoms with Gasteiger partial charge in [0.2, 0.25) is 0 Å². The van der Waals surface area contributed by atoms with Crippen LogP contribution in [-0.2, 0) is 6.54 Å². The third-order valence-corrected chi connectivity index (χ3v) is 2.95. The largest absolute Gasteiger partial charge is 0.320 e. The number of aromatic nitrogens is 2. The summed E-state index contributed by atoms with van der Waals surface area (Å²) in [4.78, 5) is 0. The highest BCUT2D eigenvalue weighted by Gasteiger charge is 2.12. The number of nitrogens with zero attached hydrogens (tertiary/aromatic N) is 2. The quantitative estimate of drug-likeness (QED) is 0.914. The topological polar surface area (TPSA) is 43.8 Å². The zero-order valence-corrected chi connectivity index (χ0v) is 10.2. The van der Waals surface area contributed by atoms with Crippen LogP contribution in [-0.4, -0.2) is 9.78 Å². The number of rotatable bonds is 3. The van der Waals surface area contributed by atoms with Gasteiger partial charge < -0.3 is 5.73 Å². The summed E-state index contributed by atoms with van der Waals surface area (Å²) >= 11 is 5.63. The van der Waals surface area contributed by atoms with Gasteiger partial charge in [-0.05, 0) is 24.6 Å². The van der Waals surface area contributed by atoms with Crippen molar-refractivity contribution < 1.29 is 4.39 Å². The number of hydrogen-bond acceptors (Lipinski definition) is 2. The average molecular weight is 254 g/mol. The van der Waals surface area contributed by atoms with Crippen LogP contribution in [0.15, 0.2) is 30.6 Å². The first-order chi connectivity index (χ1) is 8.11. The molecule has 0 aliphatic heterocycles. The van der Waals surface area contributed by atoms with Crippen LogP contribution in [0, 0.1) is 5.82 Å². The van der Waals surface area contributed by atoms with E-state index in [0.29, 0.717) is 5.56 Å². The molecular formula is C12H13ClFN3. The zero-order valence-electron chi connectivity index (χ0n) is 9.40. The van der Waals surface area contributed by atoms with Crippen molar-refractivity contribution in [3.8, 4) is 0 Å². The minimum absolute atomic E-state index is 0.102. The molecule has 1 atom stereocenters. The fourth-order valence-electron chi connectivity index (χ4n) is 1.61. The molecule has 0 spiro atoms. The lowest BCUT2D eigenvalue weighted by atomic mass is 10.0. The molecule has 2 aromatic rings. The molecule has 90 valence electrons. The van der Waals surface area contributed by atoms with E-state index in [0.717, 1.165) is 12.1 Å². The SMILES string of the molecule is CCn1cc(C(N)c2ccc(Cl)c(F)c2)cn1. The molecule has 0 aliphatic rings. The maximum absolute atomic E-state index is 13.3. The zero-order chi connectivity index (χ0) is 12.4. The van der Waals surface area contributed by atoms with Gasteiger partial charge in [-0.2, -0.15) is 5.10 Å². The van der Waals surface area contributed by atoms with Crippen LogP contribution in [0.3, 0.4) is 0 Å². The molecule has 1 unspecified atom stereocenters. The highest BCUT2D eigenvalue weighted by Crippen LogP contribution is 2.23. The summed E-state index contributed by atoms with van der Waals surface area (Å²) in [5.41, 5.74) is 7.58. The van der Waals surface area contributed by atoms with E-state index in [4.69, 9.17) is 17.3 Å². The van der Waals surface area contributed by atoms with Crippen molar-refractivity contribution in [1.82, 2.24) is 9.78 Å². The Morgan fingerprint density at radius 1 is 1.47 bits per heavy atom. The van der Waals surface area contributed by atoms with Crippen molar-refractivity contribution in [1.29, 1.82) is 0 Å². The maximum Gasteiger partial charge on any atom is 0.142 e. The highest BCUT2D eigenvalue weighted by molar-refractivity contribution is 6.30. The second kappa shape index (κ2) is 4.85. The van der Waals surface area contributed by atoms with E-state index in [-0.39, 0.29) is 11.1 Å². The van der Waals surface area contributed by atoms with Crippen LogP contribution < -0.4 is 5.73 Å². The van der Waals surface area contributed by atoms with Crippen molar-refractivity contribution in [3.63, 3.8) is 0 Å². The molecule has 0 saturated heterocycles. The number of nitrogens with two attached hydrogens (primary N) is 1. The Morgan fingerprint density at radius 2 is 2.24 bits per heavy atom. The number of halogens is 2. The van der Waals surface area contributed by atoms with Gasteiger partial charge in [0.05, 0.1) is 17.3 Å². The summed E-state index contributed by atoms with van der Waals surface area (Å²) in [5, 5.41) is 4.24. The van der Waals surface area contributed by atoms with Crippen LogP contribution in [0.4, 0.5) is 4.39 Å². The monoisotopic (exact) mass is 253 g/mol. The minimum Gasteiger partial charge on any atom is -0.320 e. The molecule has 3 nitrogen and oxygen atoms in total. The van der Waals surface area contributed by atoms with E-state index in [1.165, 1.54) is 12.1 Å². The number of benzene rings is 1. The van der Waals surface area contributed by atoms with E-state index in [1.54, 1.807) is 16.9 Å². The Hall–Kier alpha value is -1.39. The molecule has 1 aromatic carbocycles. The summed E-state index contributed by atoms with van der Waals surface area (Å²) in [5.74, 6) is -0.456. The van der Waals surface area contributed by atoms with Crippen LogP contribution in [0.25, 0.3) is 0 Å². The van der Waals surface area contributed by atoms with Crippen molar-refractivity contribution >= 4 is 11.6 Å². The molecule has 17 heavy (non-hydrogen) atoms. The van der Waals surface area contributed by atoms with Crippen molar-refractivity contribution in [3.05, 3.63) is 52.6 Å². The Morgan fingerprint density at radius 3 is 2.82 bits per heavy atom. The smallest absolute Gasteiger partial charge is 0.142 e. The van der Waals surface area contributed by atoms with E-state index in [1.807, 2.05) is 13.1 Å². The molecular weight excluding hydrogens is 241 g/mol. The molecule has 2 rings (SSSR count). The second-order valence-corrected chi connectivity index (χ2v) is 4.19. The number of aryl methyl sites for hydroxylation is 1. The average Bonchev–Trinajstić information content (AvgIpc) is 2.80. The molecule has 0 amide bonds. The van der Waals surface area contributed by atoms with Gasteiger partial charge in [0.25, 0.3) is 0 Å². The van der Waals surface area contributed by atoms with Gasteiger partial charge in [0.1, 0.15) is 5.82 Å². The van der Waals surface area contributed by atoms with E-state index >= 15 is 0 Å². The molecule has 0 fully saturated rings. The molecule has 1 heterocycles. The minimum atomic E-state index is -0.456. The standard InChI is InChI=1S/C12H13ClFN3/c1-2-17-7-9(6-16-17)12(15)8-3-4-10(13)11(14)5-8/h3-7,12H,2,15H2,1H3. The molecule has 0 aliphatic carbocycles. The molecule has 5 heteroatoms. The third kappa shape index (κ3) is 2.48. The van der Waals surface area contributed by atoms with E-state index in [9.17, 15) is 4.39 Å². The van der Waals surface area contributed by atoms with Gasteiger partial charge in [-0.25, -0.2) is 4.39 Å². The van der Waals surface area contributed by atoms with Gasteiger partial charge in [-0.1, -0.05) is 17.7 Å². The van der Waals surface area contributed by atoms with Gasteiger partial charge >= 0.3 is 0 Å². The molecule has 1 aromatic heterocycles. The van der Waals surface area contributed by atoms with Gasteiger partial charge in [-0.3, -0.25) is 4.68 Å². The predicted octanol–water partition coefficient (Wildman–Crippen LogP) is 2.74. The molecule has 0 radical (unpaired) electrons. The Labute approximate surface area is 104 Å². The van der Waals surface area contributed by atoms with E-state index < -0.39 is 5.82 Å². The first-order valence-electron chi connectivity index (χ1n) is 5.34. The Balaban J connectivity index is 2.29. The molecule has 2 N–H and O–H groups in total. The van der Waals surface area contributed by atoms with Gasteiger partial charge in [0.15, 0.2) is 0 Å². The Kier molecular flexibility index (Phi) is 3.45. The van der Waals surface area contributed by atoms with Crippen LogP contribution in [0.5, 0.6) is 0 Å². The van der Waals surface area contributed by atoms with Crippen LogP contribution in [0.1, 0.15) is 24.1 Å². The first-order valence-corrected chi connectivity index (χ1v) is 5.72. The molecule has 0 bridgehead atoms. The summed E-state index contributed by atoms with van der Waals surface area (Å²) < 4.78 is 15.1. The van der Waals surface area contributed by atoms with Gasteiger partial charge in [0, 0.05) is 18.3 Å². The molecule has 0 saturated carbocycles.